The number of methoxy groups -OCH3 is 2. The van der Waals surface area contributed by atoms with Crippen LogP contribution in [0.3, 0.4) is 0 Å². The number of fused-ring (bicyclic) bond motifs is 1. The van der Waals surface area contributed by atoms with Gasteiger partial charge in [-0.25, -0.2) is 0 Å². The Labute approximate surface area is 148 Å². The molecule has 2 aromatic carbocycles. The normalized spacial score (nSPS) is 11.0. The fraction of sp³-hybridized carbons (Fsp3) is 0.190. The number of nitrogens with zero attached hydrogens (tertiary/aromatic N) is 2. The van der Waals surface area contributed by atoms with Gasteiger partial charge in [0, 0.05) is 26.0 Å². The van der Waals surface area contributed by atoms with Crippen LogP contribution >= 0.6 is 0 Å². The van der Waals surface area contributed by atoms with Gasteiger partial charge in [0.15, 0.2) is 0 Å². The summed E-state index contributed by atoms with van der Waals surface area (Å²) in [5, 5.41) is 0.950. The highest BCUT2D eigenvalue weighted by atomic mass is 16.5. The van der Waals surface area contributed by atoms with E-state index in [1.165, 1.54) is 5.69 Å². The Morgan fingerprint density at radius 2 is 1.52 bits per heavy atom. The van der Waals surface area contributed by atoms with Gasteiger partial charge >= 0.3 is 0 Å². The van der Waals surface area contributed by atoms with Crippen LogP contribution in [-0.4, -0.2) is 33.3 Å². The number of aromatic nitrogens is 1. The molecule has 1 heterocycles. The number of benzene rings is 2. The zero-order valence-electron chi connectivity index (χ0n) is 15.0. The first-order valence-corrected chi connectivity index (χ1v) is 8.09. The van der Waals surface area contributed by atoms with Crippen molar-refractivity contribution in [3.63, 3.8) is 0 Å². The lowest BCUT2D eigenvalue weighted by Crippen LogP contribution is -2.07. The summed E-state index contributed by atoms with van der Waals surface area (Å²) >= 11 is 0. The van der Waals surface area contributed by atoms with E-state index in [2.05, 4.69) is 46.3 Å². The highest BCUT2D eigenvalue weighted by Crippen LogP contribution is 2.34. The summed E-state index contributed by atoms with van der Waals surface area (Å²) in [6.07, 6.45) is 5.96. The highest BCUT2D eigenvalue weighted by molar-refractivity contribution is 5.98. The quantitative estimate of drug-likeness (QED) is 0.688. The molecule has 0 atom stereocenters. The van der Waals surface area contributed by atoms with Crippen molar-refractivity contribution in [3.05, 3.63) is 59.8 Å². The Hall–Kier alpha value is -3.01. The van der Waals surface area contributed by atoms with Gasteiger partial charge in [0.2, 0.25) is 0 Å². The Bertz CT molecular complexity index is 900. The van der Waals surface area contributed by atoms with Gasteiger partial charge in [-0.3, -0.25) is 4.98 Å². The first-order chi connectivity index (χ1) is 12.1. The average molecular weight is 334 g/mol. The fourth-order valence-corrected chi connectivity index (χ4v) is 2.78. The summed E-state index contributed by atoms with van der Waals surface area (Å²) in [4.78, 5) is 6.55. The summed E-state index contributed by atoms with van der Waals surface area (Å²) in [5.41, 5.74) is 4.15. The standard InChI is InChI=1S/C21H22N2O2/c1-23(2)17-9-6-15(7-10-17)5-8-16-13-14-22-21-19(25-4)12-11-18(24-3)20(16)21/h5-14H,1-4H3/b8-5-. The van der Waals surface area contributed by atoms with Crippen molar-refractivity contribution in [3.8, 4) is 11.5 Å². The summed E-state index contributed by atoms with van der Waals surface area (Å²) in [7, 11) is 7.39. The minimum absolute atomic E-state index is 0.737. The number of hydrogen-bond donors (Lipinski definition) is 0. The van der Waals surface area contributed by atoms with Crippen molar-refractivity contribution >= 4 is 28.7 Å². The van der Waals surface area contributed by atoms with E-state index in [1.54, 1.807) is 20.4 Å². The SMILES string of the molecule is COc1ccc(OC)c2c(/C=C\c3ccc(N(C)C)cc3)ccnc12. The van der Waals surface area contributed by atoms with Crippen LogP contribution in [0.15, 0.2) is 48.7 Å². The molecule has 1 aromatic heterocycles. The maximum absolute atomic E-state index is 5.53. The largest absolute Gasteiger partial charge is 0.496 e. The molecule has 25 heavy (non-hydrogen) atoms. The molecular weight excluding hydrogens is 312 g/mol. The van der Waals surface area contributed by atoms with E-state index in [1.807, 2.05) is 32.3 Å². The van der Waals surface area contributed by atoms with Gasteiger partial charge in [0.05, 0.1) is 19.6 Å². The van der Waals surface area contributed by atoms with Gasteiger partial charge in [-0.15, -0.1) is 0 Å². The molecule has 0 aliphatic heterocycles. The third-order valence-corrected chi connectivity index (χ3v) is 4.15. The molecule has 0 unspecified atom stereocenters. The van der Waals surface area contributed by atoms with Crippen LogP contribution in [0.5, 0.6) is 11.5 Å². The minimum atomic E-state index is 0.737. The van der Waals surface area contributed by atoms with Crippen molar-refractivity contribution in [1.82, 2.24) is 4.98 Å². The van der Waals surface area contributed by atoms with Crippen LogP contribution < -0.4 is 14.4 Å². The van der Waals surface area contributed by atoms with Gasteiger partial charge in [-0.05, 0) is 41.5 Å². The smallest absolute Gasteiger partial charge is 0.145 e. The summed E-state index contributed by atoms with van der Waals surface area (Å²) in [6, 6.07) is 14.2. The molecule has 0 radical (unpaired) electrons. The third kappa shape index (κ3) is 3.43. The van der Waals surface area contributed by atoms with Gasteiger partial charge < -0.3 is 14.4 Å². The molecule has 0 N–H and O–H groups in total. The Kier molecular flexibility index (Phi) is 4.89. The van der Waals surface area contributed by atoms with Crippen molar-refractivity contribution in [2.75, 3.05) is 33.2 Å². The van der Waals surface area contributed by atoms with E-state index < -0.39 is 0 Å². The molecular formula is C21H22N2O2. The molecule has 0 bridgehead atoms. The van der Waals surface area contributed by atoms with Crippen LogP contribution in [0.4, 0.5) is 5.69 Å². The van der Waals surface area contributed by atoms with Crippen LogP contribution in [0.1, 0.15) is 11.1 Å². The highest BCUT2D eigenvalue weighted by Gasteiger charge is 2.11. The zero-order valence-corrected chi connectivity index (χ0v) is 15.0. The lowest BCUT2D eigenvalue weighted by atomic mass is 10.1. The first kappa shape index (κ1) is 16.8. The molecule has 0 saturated heterocycles. The van der Waals surface area contributed by atoms with Crippen LogP contribution in [-0.2, 0) is 0 Å². The summed E-state index contributed by atoms with van der Waals surface area (Å²) in [6.45, 7) is 0. The van der Waals surface area contributed by atoms with Gasteiger partial charge in [0.25, 0.3) is 0 Å². The van der Waals surface area contributed by atoms with Crippen molar-refractivity contribution in [2.24, 2.45) is 0 Å². The number of pyridine rings is 1. The topological polar surface area (TPSA) is 34.6 Å². The van der Waals surface area contributed by atoms with Crippen molar-refractivity contribution in [1.29, 1.82) is 0 Å². The van der Waals surface area contributed by atoms with Crippen LogP contribution in [0.25, 0.3) is 23.1 Å². The second kappa shape index (κ2) is 7.26. The maximum atomic E-state index is 5.53. The molecule has 128 valence electrons. The molecule has 0 amide bonds. The van der Waals surface area contributed by atoms with Gasteiger partial charge in [-0.1, -0.05) is 24.3 Å². The second-order valence-corrected chi connectivity index (χ2v) is 5.91. The van der Waals surface area contributed by atoms with Crippen LogP contribution in [0, 0.1) is 0 Å². The molecule has 0 fully saturated rings. The molecule has 4 nitrogen and oxygen atoms in total. The van der Waals surface area contributed by atoms with Crippen LogP contribution in [0.2, 0.25) is 0 Å². The fourth-order valence-electron chi connectivity index (χ4n) is 2.78. The number of ether oxygens (including phenoxy) is 2. The Morgan fingerprint density at radius 1 is 0.840 bits per heavy atom. The third-order valence-electron chi connectivity index (χ3n) is 4.15. The second-order valence-electron chi connectivity index (χ2n) is 5.91. The Balaban J connectivity index is 2.03. The molecule has 0 aliphatic carbocycles. The van der Waals surface area contributed by atoms with Crippen molar-refractivity contribution < 1.29 is 9.47 Å². The van der Waals surface area contributed by atoms with Gasteiger partial charge in [-0.2, -0.15) is 0 Å². The van der Waals surface area contributed by atoms with E-state index in [0.29, 0.717) is 0 Å². The number of anilines is 1. The predicted octanol–water partition coefficient (Wildman–Crippen LogP) is 4.49. The minimum Gasteiger partial charge on any atom is -0.496 e. The van der Waals surface area contributed by atoms with E-state index in [4.69, 9.17) is 9.47 Å². The van der Waals surface area contributed by atoms with Crippen molar-refractivity contribution in [2.45, 2.75) is 0 Å². The maximum Gasteiger partial charge on any atom is 0.145 e. The first-order valence-electron chi connectivity index (χ1n) is 8.09. The number of hydrogen-bond acceptors (Lipinski definition) is 4. The molecule has 4 heteroatoms. The molecule has 0 aliphatic rings. The molecule has 3 rings (SSSR count). The van der Waals surface area contributed by atoms with E-state index in [0.717, 1.165) is 33.5 Å². The van der Waals surface area contributed by atoms with E-state index >= 15 is 0 Å². The summed E-state index contributed by atoms with van der Waals surface area (Å²) < 4.78 is 11.0. The van der Waals surface area contributed by atoms with E-state index in [-0.39, 0.29) is 0 Å². The Morgan fingerprint density at radius 3 is 2.16 bits per heavy atom. The lowest BCUT2D eigenvalue weighted by Gasteiger charge is -2.12. The predicted molar refractivity (Wildman–Crippen MR) is 105 cm³/mol. The van der Waals surface area contributed by atoms with E-state index in [9.17, 15) is 0 Å². The van der Waals surface area contributed by atoms with Gasteiger partial charge in [0.1, 0.15) is 17.0 Å². The molecule has 0 saturated carbocycles. The summed E-state index contributed by atoms with van der Waals surface area (Å²) in [5.74, 6) is 1.52. The molecule has 3 aromatic rings. The monoisotopic (exact) mass is 334 g/mol. The zero-order chi connectivity index (χ0) is 17.8. The lowest BCUT2D eigenvalue weighted by molar-refractivity contribution is 0.409. The number of rotatable bonds is 5. The average Bonchev–Trinajstić information content (AvgIpc) is 2.65. The molecule has 0 spiro atoms.